The molecular weight excluding hydrogens is 294 g/mol. The minimum absolute atomic E-state index is 0.0330. The van der Waals surface area contributed by atoms with Crippen molar-refractivity contribution in [2.24, 2.45) is 0 Å². The van der Waals surface area contributed by atoms with Crippen LogP contribution in [-0.4, -0.2) is 48.7 Å². The molecule has 0 atom stereocenters. The molecule has 1 aliphatic heterocycles. The van der Waals surface area contributed by atoms with Crippen molar-refractivity contribution in [2.45, 2.75) is 32.9 Å². The van der Waals surface area contributed by atoms with Crippen molar-refractivity contribution in [3.8, 4) is 0 Å². The number of carbonyl (C=O) groups excluding carboxylic acids is 2. The molecule has 126 valence electrons. The second-order valence-electron chi connectivity index (χ2n) is 6.60. The number of ether oxygens (including phenoxy) is 1. The number of benzene rings is 1. The summed E-state index contributed by atoms with van der Waals surface area (Å²) in [5, 5.41) is 5.93. The maximum atomic E-state index is 12.5. The summed E-state index contributed by atoms with van der Waals surface area (Å²) in [4.78, 5) is 26.0. The van der Waals surface area contributed by atoms with Crippen LogP contribution in [0, 0.1) is 0 Å². The predicted octanol–water partition coefficient (Wildman–Crippen LogP) is 1.76. The topological polar surface area (TPSA) is 70.7 Å². The lowest BCUT2D eigenvalue weighted by atomic mass is 10.1. The van der Waals surface area contributed by atoms with Gasteiger partial charge in [-0.25, -0.2) is 4.79 Å². The Kier molecular flexibility index (Phi) is 5.60. The summed E-state index contributed by atoms with van der Waals surface area (Å²) >= 11 is 0. The lowest BCUT2D eigenvalue weighted by molar-refractivity contribution is 0.0523. The van der Waals surface area contributed by atoms with Crippen LogP contribution in [0.2, 0.25) is 0 Å². The third-order valence-corrected chi connectivity index (χ3v) is 3.41. The summed E-state index contributed by atoms with van der Waals surface area (Å²) in [7, 11) is 0. The van der Waals surface area contributed by atoms with E-state index in [-0.39, 0.29) is 5.91 Å². The SMILES string of the molecule is CC(C)(C)OC(=O)NCc1cccc(C(=O)N2CCNCC2)c1. The summed E-state index contributed by atoms with van der Waals surface area (Å²) in [5.74, 6) is 0.0330. The maximum Gasteiger partial charge on any atom is 0.407 e. The number of hydrogen-bond donors (Lipinski definition) is 2. The lowest BCUT2D eigenvalue weighted by Gasteiger charge is -2.27. The number of nitrogens with zero attached hydrogens (tertiary/aromatic N) is 1. The van der Waals surface area contributed by atoms with Gasteiger partial charge in [0.2, 0.25) is 0 Å². The predicted molar refractivity (Wildman–Crippen MR) is 88.3 cm³/mol. The third-order valence-electron chi connectivity index (χ3n) is 3.41. The second-order valence-corrected chi connectivity index (χ2v) is 6.60. The van der Waals surface area contributed by atoms with Crippen LogP contribution in [0.3, 0.4) is 0 Å². The Balaban J connectivity index is 1.94. The van der Waals surface area contributed by atoms with E-state index in [1.807, 2.05) is 43.9 Å². The van der Waals surface area contributed by atoms with Crippen molar-refractivity contribution in [3.63, 3.8) is 0 Å². The number of rotatable bonds is 3. The van der Waals surface area contributed by atoms with Crippen molar-refractivity contribution in [3.05, 3.63) is 35.4 Å². The van der Waals surface area contributed by atoms with E-state index >= 15 is 0 Å². The fourth-order valence-electron chi connectivity index (χ4n) is 2.35. The molecule has 23 heavy (non-hydrogen) atoms. The van der Waals surface area contributed by atoms with E-state index in [4.69, 9.17) is 4.74 Å². The van der Waals surface area contributed by atoms with Gasteiger partial charge < -0.3 is 20.3 Å². The minimum atomic E-state index is -0.524. The van der Waals surface area contributed by atoms with E-state index in [1.54, 1.807) is 6.07 Å². The molecule has 1 aliphatic rings. The molecule has 2 amide bonds. The number of nitrogens with one attached hydrogen (secondary N) is 2. The van der Waals surface area contributed by atoms with Crippen LogP contribution in [0.4, 0.5) is 4.79 Å². The van der Waals surface area contributed by atoms with Crippen LogP contribution in [-0.2, 0) is 11.3 Å². The van der Waals surface area contributed by atoms with Gasteiger partial charge in [-0.05, 0) is 38.5 Å². The van der Waals surface area contributed by atoms with Crippen molar-refractivity contribution >= 4 is 12.0 Å². The van der Waals surface area contributed by atoms with Crippen molar-refractivity contribution in [2.75, 3.05) is 26.2 Å². The second kappa shape index (κ2) is 7.46. The van der Waals surface area contributed by atoms with E-state index in [0.717, 1.165) is 31.7 Å². The van der Waals surface area contributed by atoms with Crippen molar-refractivity contribution in [1.29, 1.82) is 0 Å². The van der Waals surface area contributed by atoms with E-state index in [1.165, 1.54) is 0 Å². The van der Waals surface area contributed by atoms with Gasteiger partial charge in [-0.2, -0.15) is 0 Å². The molecule has 0 radical (unpaired) electrons. The highest BCUT2D eigenvalue weighted by Crippen LogP contribution is 2.10. The summed E-state index contributed by atoms with van der Waals surface area (Å²) in [6.07, 6.45) is -0.462. The summed E-state index contributed by atoms with van der Waals surface area (Å²) in [6.45, 7) is 8.88. The Morgan fingerprint density at radius 1 is 1.26 bits per heavy atom. The molecule has 1 aromatic carbocycles. The van der Waals surface area contributed by atoms with Gasteiger partial charge in [0.15, 0.2) is 0 Å². The van der Waals surface area contributed by atoms with Gasteiger partial charge >= 0.3 is 6.09 Å². The minimum Gasteiger partial charge on any atom is -0.444 e. The average molecular weight is 319 g/mol. The molecule has 1 saturated heterocycles. The van der Waals surface area contributed by atoms with E-state index in [9.17, 15) is 9.59 Å². The van der Waals surface area contributed by atoms with E-state index in [0.29, 0.717) is 12.1 Å². The first-order valence-corrected chi connectivity index (χ1v) is 7.91. The fourth-order valence-corrected chi connectivity index (χ4v) is 2.35. The Hall–Kier alpha value is -2.08. The highest BCUT2D eigenvalue weighted by molar-refractivity contribution is 5.94. The highest BCUT2D eigenvalue weighted by Gasteiger charge is 2.18. The van der Waals surface area contributed by atoms with Crippen LogP contribution in [0.5, 0.6) is 0 Å². The van der Waals surface area contributed by atoms with Gasteiger partial charge in [-0.15, -0.1) is 0 Å². The monoisotopic (exact) mass is 319 g/mol. The normalized spacial score (nSPS) is 15.2. The van der Waals surface area contributed by atoms with Gasteiger partial charge in [0.25, 0.3) is 5.91 Å². The van der Waals surface area contributed by atoms with Crippen molar-refractivity contribution in [1.82, 2.24) is 15.5 Å². The molecule has 0 unspecified atom stereocenters. The number of carbonyl (C=O) groups is 2. The molecule has 6 nitrogen and oxygen atoms in total. The first kappa shape index (κ1) is 17.3. The lowest BCUT2D eigenvalue weighted by Crippen LogP contribution is -2.46. The van der Waals surface area contributed by atoms with Crippen LogP contribution in [0.15, 0.2) is 24.3 Å². The largest absolute Gasteiger partial charge is 0.444 e. The summed E-state index contributed by atoms with van der Waals surface area (Å²) in [6, 6.07) is 7.34. The van der Waals surface area contributed by atoms with Crippen LogP contribution < -0.4 is 10.6 Å². The first-order chi connectivity index (χ1) is 10.8. The Labute approximate surface area is 137 Å². The number of alkyl carbamates (subject to hydrolysis) is 1. The summed E-state index contributed by atoms with van der Waals surface area (Å²) in [5.41, 5.74) is 0.997. The van der Waals surface area contributed by atoms with Crippen LogP contribution in [0.1, 0.15) is 36.7 Å². The fraction of sp³-hybridized carbons (Fsp3) is 0.529. The Bertz CT molecular complexity index is 560. The molecule has 1 aromatic rings. The third kappa shape index (κ3) is 5.56. The maximum absolute atomic E-state index is 12.5. The highest BCUT2D eigenvalue weighted by atomic mass is 16.6. The Morgan fingerprint density at radius 2 is 1.96 bits per heavy atom. The zero-order chi connectivity index (χ0) is 16.9. The van der Waals surface area contributed by atoms with Gasteiger partial charge in [-0.1, -0.05) is 12.1 Å². The van der Waals surface area contributed by atoms with Crippen LogP contribution in [0.25, 0.3) is 0 Å². The quantitative estimate of drug-likeness (QED) is 0.890. The van der Waals surface area contributed by atoms with E-state index < -0.39 is 11.7 Å². The Morgan fingerprint density at radius 3 is 2.61 bits per heavy atom. The molecule has 2 rings (SSSR count). The number of amides is 2. The first-order valence-electron chi connectivity index (χ1n) is 7.91. The van der Waals surface area contributed by atoms with Gasteiger partial charge in [0.1, 0.15) is 5.60 Å². The smallest absolute Gasteiger partial charge is 0.407 e. The molecule has 0 saturated carbocycles. The molecular formula is C17H25N3O3. The molecule has 0 spiro atoms. The summed E-state index contributed by atoms with van der Waals surface area (Å²) < 4.78 is 5.20. The van der Waals surface area contributed by atoms with E-state index in [2.05, 4.69) is 10.6 Å². The van der Waals surface area contributed by atoms with Crippen molar-refractivity contribution < 1.29 is 14.3 Å². The molecule has 0 aromatic heterocycles. The molecule has 1 heterocycles. The average Bonchev–Trinajstić information content (AvgIpc) is 2.52. The molecule has 0 aliphatic carbocycles. The van der Waals surface area contributed by atoms with Gasteiger partial charge in [0, 0.05) is 38.3 Å². The molecule has 1 fully saturated rings. The zero-order valence-corrected chi connectivity index (χ0v) is 14.0. The molecule has 2 N–H and O–H groups in total. The number of piperazine rings is 1. The zero-order valence-electron chi connectivity index (χ0n) is 14.0. The molecule has 0 bridgehead atoms. The van der Waals surface area contributed by atoms with Gasteiger partial charge in [-0.3, -0.25) is 4.79 Å². The molecule has 6 heteroatoms. The number of hydrogen-bond acceptors (Lipinski definition) is 4. The van der Waals surface area contributed by atoms with Gasteiger partial charge in [0.05, 0.1) is 0 Å². The van der Waals surface area contributed by atoms with Crippen LogP contribution >= 0.6 is 0 Å². The standard InChI is InChI=1S/C17H25N3O3/c1-17(2,3)23-16(22)19-12-13-5-4-6-14(11-13)15(21)20-9-7-18-8-10-20/h4-6,11,18H,7-10,12H2,1-3H3,(H,19,22).